The highest BCUT2D eigenvalue weighted by Gasteiger charge is 2.39. The second kappa shape index (κ2) is 40.5. The van der Waals surface area contributed by atoms with E-state index in [0.717, 1.165) is 0 Å². The van der Waals surface area contributed by atoms with Gasteiger partial charge in [0.1, 0.15) is 71.9 Å². The topological polar surface area (TPSA) is 518 Å². The van der Waals surface area contributed by atoms with Crippen molar-refractivity contribution in [2.45, 2.75) is 187 Å². The number of aromatic nitrogens is 1. The number of aromatic hydroxyl groups is 2. The number of benzene rings is 4. The van der Waals surface area contributed by atoms with Crippen LogP contribution < -0.4 is 76.1 Å². The average molecular weight is 1440 g/mol. The van der Waals surface area contributed by atoms with Crippen LogP contribution in [-0.2, 0) is 83.2 Å². The maximum absolute atomic E-state index is 15.1. The van der Waals surface area contributed by atoms with E-state index in [4.69, 9.17) is 22.9 Å². The maximum atomic E-state index is 15.1. The van der Waals surface area contributed by atoms with E-state index in [1.807, 2.05) is 0 Å². The van der Waals surface area contributed by atoms with Crippen LogP contribution in [0.5, 0.6) is 11.5 Å². The smallest absolute Gasteiger partial charge is 0.326 e. The molecule has 0 saturated carbocycles. The number of aliphatic imine (C=N–C) groups is 1. The third-order valence-electron chi connectivity index (χ3n) is 17.8. The number of carboxylic acid groups (broad SMARTS) is 1. The summed E-state index contributed by atoms with van der Waals surface area (Å²) in [5, 5.41) is 57.8. The Morgan fingerprint density at radius 2 is 0.798 bits per heavy atom. The number of nitrogens with one attached hydrogen (secondary N) is 11. The summed E-state index contributed by atoms with van der Waals surface area (Å²) in [5.74, 6) is -14.1. The van der Waals surface area contributed by atoms with E-state index in [9.17, 15) is 63.3 Å². The average Bonchev–Trinajstić information content (AvgIpc) is 1.59. The van der Waals surface area contributed by atoms with E-state index in [0.29, 0.717) is 46.0 Å². The summed E-state index contributed by atoms with van der Waals surface area (Å²) in [6, 6.07) is 11.3. The van der Waals surface area contributed by atoms with Gasteiger partial charge in [0.15, 0.2) is 5.96 Å². The van der Waals surface area contributed by atoms with Crippen LogP contribution in [0.4, 0.5) is 0 Å². The van der Waals surface area contributed by atoms with Crippen LogP contribution in [0.25, 0.3) is 10.9 Å². The molecule has 104 heavy (non-hydrogen) atoms. The number of carbonyl (C=O) groups excluding carboxylic acids is 11. The number of aromatic amines is 1. The van der Waals surface area contributed by atoms with E-state index in [1.54, 1.807) is 116 Å². The van der Waals surface area contributed by atoms with E-state index in [-0.39, 0.29) is 62.5 Å². The first-order valence-electron chi connectivity index (χ1n) is 34.7. The molecule has 1 heterocycles. The van der Waals surface area contributed by atoms with E-state index >= 15 is 9.59 Å². The lowest BCUT2D eigenvalue weighted by Crippen LogP contribution is -2.62. The molecule has 4 aromatic carbocycles. The van der Waals surface area contributed by atoms with Gasteiger partial charge in [-0.15, -0.1) is 0 Å². The number of aliphatic carboxylic acids is 1. The zero-order valence-electron chi connectivity index (χ0n) is 60.1. The van der Waals surface area contributed by atoms with Crippen molar-refractivity contribution in [3.8, 4) is 11.5 Å². The van der Waals surface area contributed by atoms with Gasteiger partial charge in [-0.25, -0.2) is 4.79 Å². The lowest BCUT2D eigenvalue weighted by atomic mass is 9.94. The Kier molecular flexibility index (Phi) is 32.5. The quantitative estimate of drug-likeness (QED) is 0.0144. The highest BCUT2D eigenvalue weighted by Crippen LogP contribution is 2.22. The molecule has 0 aliphatic rings. The van der Waals surface area contributed by atoms with Gasteiger partial charge >= 0.3 is 5.97 Å². The third kappa shape index (κ3) is 26.1. The van der Waals surface area contributed by atoms with Crippen molar-refractivity contribution < 1.29 is 72.9 Å². The van der Waals surface area contributed by atoms with E-state index < -0.39 is 168 Å². The minimum absolute atomic E-state index is 0.0610. The number of nitrogens with zero attached hydrogens (tertiary/aromatic N) is 1. The molecule has 0 radical (unpaired) electrons. The van der Waals surface area contributed by atoms with Gasteiger partial charge in [-0.3, -0.25) is 57.7 Å². The van der Waals surface area contributed by atoms with Crippen LogP contribution in [0.1, 0.15) is 117 Å². The number of nitrogens with two attached hydrogens (primary N) is 4. The van der Waals surface area contributed by atoms with Crippen LogP contribution in [0, 0.1) is 23.7 Å². The Hall–Kier alpha value is -11.1. The predicted molar refractivity (Wildman–Crippen MR) is 389 cm³/mol. The first-order chi connectivity index (χ1) is 49.2. The number of guanidine groups is 1. The summed E-state index contributed by atoms with van der Waals surface area (Å²) < 4.78 is 0. The Bertz CT molecular complexity index is 3790. The number of hydrogen-bond acceptors (Lipinski definition) is 16. The Morgan fingerprint density at radius 3 is 1.24 bits per heavy atom. The lowest BCUT2D eigenvalue weighted by Gasteiger charge is -2.31. The van der Waals surface area contributed by atoms with Gasteiger partial charge in [0.2, 0.25) is 65.0 Å². The normalized spacial score (nSPS) is 15.0. The number of carbonyl (C=O) groups is 12. The van der Waals surface area contributed by atoms with Gasteiger partial charge in [0.05, 0.1) is 12.5 Å². The van der Waals surface area contributed by atoms with Crippen LogP contribution >= 0.6 is 0 Å². The summed E-state index contributed by atoms with van der Waals surface area (Å²) in [7, 11) is 0. The number of carboxylic acids is 1. The summed E-state index contributed by atoms with van der Waals surface area (Å²) >= 11 is 0. The number of amides is 11. The molecule has 31 heteroatoms. The van der Waals surface area contributed by atoms with Crippen molar-refractivity contribution in [2.24, 2.45) is 51.6 Å². The van der Waals surface area contributed by atoms with Gasteiger partial charge in [-0.05, 0) is 96.0 Å². The Balaban J connectivity index is 1.49. The minimum atomic E-state index is -1.88. The first kappa shape index (κ1) is 83.6. The van der Waals surface area contributed by atoms with Gasteiger partial charge < -0.3 is 96.4 Å². The maximum Gasteiger partial charge on any atom is 0.326 e. The summed E-state index contributed by atoms with van der Waals surface area (Å²) in [6.07, 6.45) is 0.505. The molecule has 31 nitrogen and oxygen atoms in total. The Morgan fingerprint density at radius 1 is 0.433 bits per heavy atom. The predicted octanol–water partition coefficient (Wildman–Crippen LogP) is 0.463. The highest BCUT2D eigenvalue weighted by atomic mass is 16.4. The molecule has 0 unspecified atom stereocenters. The van der Waals surface area contributed by atoms with Crippen molar-refractivity contribution in [1.29, 1.82) is 0 Å². The second-order valence-electron chi connectivity index (χ2n) is 26.8. The van der Waals surface area contributed by atoms with Crippen LogP contribution in [0.2, 0.25) is 0 Å². The zero-order valence-corrected chi connectivity index (χ0v) is 60.1. The van der Waals surface area contributed by atoms with Gasteiger partial charge in [0.25, 0.3) is 0 Å². The number of fused-ring (bicyclic) bond motifs is 1. The molecular weight excluding hydrogens is 1340 g/mol. The SMILES string of the molecule is CC[C@H](C)[C@H](NC(=O)[C@H](Cc1ccc(O)cc1)NC(=O)[C@H](Cc1ccc(O)cc1)NC(=O)[C@H](CC(N)=O)NC(=O)[C@H](Cc1c[nH]c2ccccc12)NC(=O)[C@@H](NC(=O)[C@H](Cc1ccccc1)NC(=O)[C@@H](NC(=O)[C@H](C)N)C(C)C)C(C)C)C(=O)N[C@H](C(=O)N[C@@H](CCCN=C(N)N)C(=O)O)[C@@H](C)CC. The highest BCUT2D eigenvalue weighted by molar-refractivity contribution is 6.00. The fourth-order valence-corrected chi connectivity index (χ4v) is 11.2. The number of phenols is 2. The summed E-state index contributed by atoms with van der Waals surface area (Å²) in [5.41, 5.74) is 24.9. The molecule has 22 N–H and O–H groups in total. The van der Waals surface area contributed by atoms with Gasteiger partial charge in [0, 0.05) is 49.3 Å². The van der Waals surface area contributed by atoms with Crippen LogP contribution in [-0.4, -0.2) is 170 Å². The molecule has 564 valence electrons. The lowest BCUT2D eigenvalue weighted by molar-refractivity contribution is -0.143. The van der Waals surface area contributed by atoms with Crippen molar-refractivity contribution in [3.63, 3.8) is 0 Å². The minimum Gasteiger partial charge on any atom is -0.508 e. The molecule has 0 aliphatic carbocycles. The standard InChI is InChI=1S/C73H102N16O15/c1-10-40(7)60(70(101)80-51(72(103)104)22-17-31-78-73(76)77)89-71(102)61(41(8)11-2)88-67(98)53(34-45-25-29-48(91)30-26-45)82-63(94)52(33-44-23-27-47(90)28-24-44)81-65(96)56(36-57(75)92)83-64(95)55(35-46-37-79-50-21-16-15-20-49(46)50)85-69(100)59(39(5)6)87-66(97)54(32-43-18-13-12-14-19-43)84-68(99)58(38(3)4)86-62(93)42(9)74/h12-16,18-21,23-30,37-42,51-56,58-61,79,90-91H,10-11,17,22,31-36,74H2,1-9H3,(H2,75,92)(H,80,101)(H,81,96)(H,82,94)(H,83,95)(H,84,99)(H,85,100)(H,86,93)(H,87,97)(H,88,98)(H,89,102)(H,103,104)(H4,76,77,78)/t40-,41-,42-,51-,52-,53-,54-,55-,56-,58-,59-,60-,61-/m0/s1. The number of rotatable bonds is 41. The molecule has 0 fully saturated rings. The van der Waals surface area contributed by atoms with E-state index in [1.165, 1.54) is 55.5 Å². The molecule has 5 rings (SSSR count). The fraction of sp³-hybridized carbons (Fsp3) is 0.466. The van der Waals surface area contributed by atoms with Crippen LogP contribution in [0.15, 0.2) is 114 Å². The van der Waals surface area contributed by atoms with Gasteiger partial charge in [-0.2, -0.15) is 0 Å². The van der Waals surface area contributed by atoms with Crippen molar-refractivity contribution in [1.82, 2.24) is 58.2 Å². The molecule has 5 aromatic rings. The third-order valence-corrected chi connectivity index (χ3v) is 17.8. The molecule has 0 aliphatic heterocycles. The van der Waals surface area contributed by atoms with Crippen molar-refractivity contribution >= 4 is 87.8 Å². The molecule has 0 saturated heterocycles. The number of hydrogen-bond donors (Lipinski definition) is 18. The first-order valence-corrected chi connectivity index (χ1v) is 34.7. The molecule has 0 bridgehead atoms. The molecular formula is C73H102N16O15. The van der Waals surface area contributed by atoms with Crippen molar-refractivity contribution in [3.05, 3.63) is 132 Å². The molecule has 13 atom stereocenters. The number of primary amides is 1. The number of para-hydroxylation sites is 1. The van der Waals surface area contributed by atoms with E-state index in [2.05, 4.69) is 63.1 Å². The fourth-order valence-electron chi connectivity index (χ4n) is 11.2. The largest absolute Gasteiger partial charge is 0.508 e. The molecule has 0 spiro atoms. The van der Waals surface area contributed by atoms with Crippen LogP contribution in [0.3, 0.4) is 0 Å². The summed E-state index contributed by atoms with van der Waals surface area (Å²) in [6.45, 7) is 15.0. The van der Waals surface area contributed by atoms with Gasteiger partial charge in [-0.1, -0.05) is 141 Å². The number of phenolic OH excluding ortho intramolecular Hbond substituents is 2. The second-order valence-corrected chi connectivity index (χ2v) is 26.8. The number of H-pyrrole nitrogens is 1. The molecule has 11 amide bonds. The summed E-state index contributed by atoms with van der Waals surface area (Å²) in [4.78, 5) is 177. The monoisotopic (exact) mass is 1440 g/mol. The van der Waals surface area contributed by atoms with Crippen molar-refractivity contribution in [2.75, 3.05) is 6.54 Å². The zero-order chi connectivity index (χ0) is 77.1. The Labute approximate surface area is 604 Å². The molecule has 1 aromatic heterocycles.